The molecule has 0 spiro atoms. The van der Waals surface area contributed by atoms with Gasteiger partial charge in [-0.05, 0) is 25.2 Å². The normalized spacial score (nSPS) is 12.3. The Morgan fingerprint density at radius 2 is 2.10 bits per heavy atom. The zero-order chi connectivity index (χ0) is 14.8. The first-order chi connectivity index (χ1) is 9.33. The second-order valence-electron chi connectivity index (χ2n) is 5.14. The number of benzene rings is 1. The molecular formula is C13H20N4O2S. The number of H-pyrrole nitrogens is 1. The Bertz CT molecular complexity index is 693. The van der Waals surface area contributed by atoms with Crippen molar-refractivity contribution in [2.24, 2.45) is 0 Å². The Kier molecular flexibility index (Phi) is 4.29. The van der Waals surface area contributed by atoms with Crippen molar-refractivity contribution in [1.29, 1.82) is 0 Å². The molecule has 0 aliphatic carbocycles. The van der Waals surface area contributed by atoms with Crippen molar-refractivity contribution < 1.29 is 8.42 Å². The molecule has 1 aromatic heterocycles. The number of nitrogens with two attached hydrogens (primary N) is 1. The van der Waals surface area contributed by atoms with Crippen molar-refractivity contribution in [3.8, 4) is 0 Å². The van der Waals surface area contributed by atoms with Crippen molar-refractivity contribution in [2.75, 3.05) is 37.9 Å². The molecular weight excluding hydrogens is 276 g/mol. The summed E-state index contributed by atoms with van der Waals surface area (Å²) in [5.74, 6) is 1.07. The number of rotatable bonds is 6. The first-order valence-electron chi connectivity index (χ1n) is 6.44. The van der Waals surface area contributed by atoms with Gasteiger partial charge in [0.25, 0.3) is 0 Å². The van der Waals surface area contributed by atoms with E-state index in [9.17, 15) is 8.42 Å². The van der Waals surface area contributed by atoms with Crippen LogP contribution in [0.25, 0.3) is 11.0 Å². The quantitative estimate of drug-likeness (QED) is 0.764. The number of hydrogen-bond acceptors (Lipinski definition) is 5. The van der Waals surface area contributed by atoms with E-state index in [0.717, 1.165) is 29.8 Å². The maximum atomic E-state index is 11.1. The molecule has 20 heavy (non-hydrogen) atoms. The highest BCUT2D eigenvalue weighted by atomic mass is 32.2. The van der Waals surface area contributed by atoms with Gasteiger partial charge in [0, 0.05) is 31.5 Å². The molecule has 110 valence electrons. The van der Waals surface area contributed by atoms with E-state index in [0.29, 0.717) is 12.2 Å². The number of likely N-dealkylation sites (N-methyl/N-ethyl adjacent to an activating group) is 1. The van der Waals surface area contributed by atoms with Crippen molar-refractivity contribution in [3.05, 3.63) is 24.0 Å². The Hall–Kier alpha value is -1.60. The van der Waals surface area contributed by atoms with Gasteiger partial charge in [-0.2, -0.15) is 0 Å². The third-order valence-corrected chi connectivity index (χ3v) is 4.05. The molecule has 0 saturated carbocycles. The molecule has 0 atom stereocenters. The first-order valence-corrected chi connectivity index (χ1v) is 8.50. The Morgan fingerprint density at radius 1 is 1.35 bits per heavy atom. The number of imidazole rings is 1. The van der Waals surface area contributed by atoms with Gasteiger partial charge < -0.3 is 15.6 Å². The number of nitrogens with one attached hydrogen (secondary N) is 1. The number of aromatic nitrogens is 2. The number of aromatic amines is 1. The second-order valence-corrected chi connectivity index (χ2v) is 7.40. The largest absolute Gasteiger partial charge is 0.399 e. The van der Waals surface area contributed by atoms with Crippen LogP contribution in [0.1, 0.15) is 5.82 Å². The molecule has 7 heteroatoms. The summed E-state index contributed by atoms with van der Waals surface area (Å²) in [4.78, 5) is 9.70. The van der Waals surface area contributed by atoms with Gasteiger partial charge in [0.1, 0.15) is 15.7 Å². The highest BCUT2D eigenvalue weighted by molar-refractivity contribution is 7.90. The predicted octanol–water partition coefficient (Wildman–Crippen LogP) is 0.664. The third-order valence-electron chi connectivity index (χ3n) is 3.13. The molecule has 3 N–H and O–H groups in total. The number of anilines is 1. The number of nitrogens with zero attached hydrogens (tertiary/aromatic N) is 2. The van der Waals surface area contributed by atoms with E-state index in [4.69, 9.17) is 5.73 Å². The zero-order valence-electron chi connectivity index (χ0n) is 11.8. The van der Waals surface area contributed by atoms with Crippen LogP contribution in [0.4, 0.5) is 5.69 Å². The van der Waals surface area contributed by atoms with Gasteiger partial charge in [-0.1, -0.05) is 0 Å². The van der Waals surface area contributed by atoms with Crippen LogP contribution in [0, 0.1) is 0 Å². The SMILES string of the molecule is CN(CCc1nc2ccc(N)cc2[nH]1)CCS(C)(=O)=O. The monoisotopic (exact) mass is 296 g/mol. The molecule has 0 unspecified atom stereocenters. The summed E-state index contributed by atoms with van der Waals surface area (Å²) < 4.78 is 22.2. The molecule has 2 rings (SSSR count). The molecule has 1 aromatic carbocycles. The molecule has 1 heterocycles. The minimum absolute atomic E-state index is 0.181. The van der Waals surface area contributed by atoms with Crippen LogP contribution in [0.3, 0.4) is 0 Å². The molecule has 2 aromatic rings. The molecule has 0 bridgehead atoms. The Labute approximate surface area is 118 Å². The highest BCUT2D eigenvalue weighted by Crippen LogP contribution is 2.15. The number of nitrogen functional groups attached to an aromatic ring is 1. The standard InChI is InChI=1S/C13H20N4O2S/c1-17(7-8-20(2,18)19)6-5-13-15-11-4-3-10(14)9-12(11)16-13/h3-4,9H,5-8,14H2,1-2H3,(H,15,16). The van der Waals surface area contributed by atoms with Gasteiger partial charge in [-0.25, -0.2) is 13.4 Å². The van der Waals surface area contributed by atoms with Crippen molar-refractivity contribution in [1.82, 2.24) is 14.9 Å². The fourth-order valence-corrected chi connectivity index (χ4v) is 2.57. The van der Waals surface area contributed by atoms with E-state index in [2.05, 4.69) is 9.97 Å². The molecule has 0 fully saturated rings. The summed E-state index contributed by atoms with van der Waals surface area (Å²) in [5, 5.41) is 0. The van der Waals surface area contributed by atoms with Crippen LogP contribution in [-0.4, -0.2) is 55.4 Å². The van der Waals surface area contributed by atoms with E-state index in [1.165, 1.54) is 6.26 Å². The van der Waals surface area contributed by atoms with Crippen LogP contribution in [0.15, 0.2) is 18.2 Å². The van der Waals surface area contributed by atoms with Crippen molar-refractivity contribution >= 4 is 26.6 Å². The van der Waals surface area contributed by atoms with Crippen molar-refractivity contribution in [3.63, 3.8) is 0 Å². The van der Waals surface area contributed by atoms with E-state index in [1.54, 1.807) is 0 Å². The number of sulfone groups is 1. The summed E-state index contributed by atoms with van der Waals surface area (Å²) in [6, 6.07) is 5.57. The summed E-state index contributed by atoms with van der Waals surface area (Å²) >= 11 is 0. The average Bonchev–Trinajstić information content (AvgIpc) is 2.75. The lowest BCUT2D eigenvalue weighted by Crippen LogP contribution is -2.27. The van der Waals surface area contributed by atoms with Gasteiger partial charge in [-0.3, -0.25) is 0 Å². The molecule has 0 aliphatic heterocycles. The van der Waals surface area contributed by atoms with E-state index >= 15 is 0 Å². The van der Waals surface area contributed by atoms with Gasteiger partial charge in [0.2, 0.25) is 0 Å². The fraction of sp³-hybridized carbons (Fsp3) is 0.462. The summed E-state index contributed by atoms with van der Waals surface area (Å²) in [5.41, 5.74) is 8.25. The lowest BCUT2D eigenvalue weighted by atomic mass is 10.3. The summed E-state index contributed by atoms with van der Waals surface area (Å²) in [7, 11) is -0.998. The van der Waals surface area contributed by atoms with Crippen LogP contribution in [-0.2, 0) is 16.3 Å². The number of hydrogen-bond donors (Lipinski definition) is 2. The molecule has 0 aliphatic rings. The lowest BCUT2D eigenvalue weighted by Gasteiger charge is -2.14. The van der Waals surface area contributed by atoms with Crippen LogP contribution >= 0.6 is 0 Å². The average molecular weight is 296 g/mol. The Morgan fingerprint density at radius 3 is 2.80 bits per heavy atom. The maximum Gasteiger partial charge on any atom is 0.148 e. The van der Waals surface area contributed by atoms with Gasteiger partial charge in [0.15, 0.2) is 0 Å². The van der Waals surface area contributed by atoms with E-state index in [-0.39, 0.29) is 5.75 Å². The molecule has 0 saturated heterocycles. The maximum absolute atomic E-state index is 11.1. The van der Waals surface area contributed by atoms with E-state index < -0.39 is 9.84 Å². The summed E-state index contributed by atoms with van der Waals surface area (Å²) in [6.07, 6.45) is 2.00. The second kappa shape index (κ2) is 5.80. The molecule has 6 nitrogen and oxygen atoms in total. The minimum Gasteiger partial charge on any atom is -0.399 e. The number of fused-ring (bicyclic) bond motifs is 1. The van der Waals surface area contributed by atoms with Crippen molar-refractivity contribution in [2.45, 2.75) is 6.42 Å². The summed E-state index contributed by atoms with van der Waals surface area (Å²) in [6.45, 7) is 1.29. The smallest absolute Gasteiger partial charge is 0.148 e. The van der Waals surface area contributed by atoms with Crippen LogP contribution in [0.5, 0.6) is 0 Å². The Balaban J connectivity index is 1.92. The predicted molar refractivity (Wildman–Crippen MR) is 81.4 cm³/mol. The fourth-order valence-electron chi connectivity index (χ4n) is 1.93. The zero-order valence-corrected chi connectivity index (χ0v) is 12.6. The van der Waals surface area contributed by atoms with Crippen LogP contribution in [0.2, 0.25) is 0 Å². The molecule has 0 amide bonds. The van der Waals surface area contributed by atoms with Gasteiger partial charge in [-0.15, -0.1) is 0 Å². The van der Waals surface area contributed by atoms with Gasteiger partial charge >= 0.3 is 0 Å². The lowest BCUT2D eigenvalue weighted by molar-refractivity contribution is 0.355. The third kappa shape index (κ3) is 4.21. The minimum atomic E-state index is -2.91. The first kappa shape index (κ1) is 14.8. The topological polar surface area (TPSA) is 92.1 Å². The van der Waals surface area contributed by atoms with Gasteiger partial charge in [0.05, 0.1) is 16.8 Å². The van der Waals surface area contributed by atoms with Crippen LogP contribution < -0.4 is 5.73 Å². The highest BCUT2D eigenvalue weighted by Gasteiger charge is 2.07. The molecule has 0 radical (unpaired) electrons. The van der Waals surface area contributed by atoms with E-state index in [1.807, 2.05) is 30.1 Å².